The van der Waals surface area contributed by atoms with Crippen LogP contribution in [0, 0.1) is 5.82 Å². The number of carbonyl (C=O) groups is 1. The molecule has 0 aliphatic heterocycles. The van der Waals surface area contributed by atoms with E-state index in [4.69, 9.17) is 9.26 Å². The summed E-state index contributed by atoms with van der Waals surface area (Å²) in [5.41, 5.74) is 0.868. The Hall–Kier alpha value is -3.22. The molecule has 26 heavy (non-hydrogen) atoms. The fraction of sp³-hybridized carbons (Fsp3) is 0.211. The van der Waals surface area contributed by atoms with E-state index < -0.39 is 6.10 Å². The monoisotopic (exact) mass is 355 g/mol. The second kappa shape index (κ2) is 8.24. The lowest BCUT2D eigenvalue weighted by molar-refractivity contribution is -0.127. The highest BCUT2D eigenvalue weighted by Gasteiger charge is 2.15. The zero-order valence-electron chi connectivity index (χ0n) is 14.2. The molecule has 1 amide bonds. The van der Waals surface area contributed by atoms with Crippen molar-refractivity contribution in [2.45, 2.75) is 19.4 Å². The Morgan fingerprint density at radius 1 is 1.19 bits per heavy atom. The van der Waals surface area contributed by atoms with Gasteiger partial charge in [-0.2, -0.15) is 4.98 Å². The fourth-order valence-electron chi connectivity index (χ4n) is 2.27. The van der Waals surface area contributed by atoms with Gasteiger partial charge in [0.2, 0.25) is 11.7 Å². The van der Waals surface area contributed by atoms with Crippen molar-refractivity contribution in [3.05, 3.63) is 66.3 Å². The van der Waals surface area contributed by atoms with Crippen molar-refractivity contribution in [1.29, 1.82) is 0 Å². The molecule has 0 aliphatic rings. The van der Waals surface area contributed by atoms with E-state index in [9.17, 15) is 9.18 Å². The SMILES string of the molecule is C[C@H](Oc1ccc(F)cc1)C(=O)NCCc1nc(-c2ccccc2)no1. The Bertz CT molecular complexity index is 850. The molecule has 1 aromatic heterocycles. The van der Waals surface area contributed by atoms with Crippen molar-refractivity contribution in [2.75, 3.05) is 6.54 Å². The quantitative estimate of drug-likeness (QED) is 0.705. The molecule has 0 saturated carbocycles. The zero-order valence-corrected chi connectivity index (χ0v) is 14.2. The molecule has 0 aliphatic carbocycles. The molecule has 1 heterocycles. The minimum absolute atomic E-state index is 0.280. The summed E-state index contributed by atoms with van der Waals surface area (Å²) in [6, 6.07) is 15.0. The van der Waals surface area contributed by atoms with Crippen LogP contribution in [0.1, 0.15) is 12.8 Å². The largest absolute Gasteiger partial charge is 0.481 e. The molecule has 6 nitrogen and oxygen atoms in total. The minimum Gasteiger partial charge on any atom is -0.481 e. The normalized spacial score (nSPS) is 11.8. The number of carbonyl (C=O) groups excluding carboxylic acids is 1. The number of nitrogens with zero attached hydrogens (tertiary/aromatic N) is 2. The van der Waals surface area contributed by atoms with Gasteiger partial charge >= 0.3 is 0 Å². The van der Waals surface area contributed by atoms with E-state index in [1.54, 1.807) is 6.92 Å². The average Bonchev–Trinajstić information content (AvgIpc) is 3.13. The van der Waals surface area contributed by atoms with Crippen LogP contribution in [-0.4, -0.2) is 28.7 Å². The molecule has 1 atom stereocenters. The Balaban J connectivity index is 1.46. The number of ether oxygens (including phenoxy) is 1. The molecule has 0 fully saturated rings. The van der Waals surface area contributed by atoms with Crippen LogP contribution < -0.4 is 10.1 Å². The van der Waals surface area contributed by atoms with Crippen molar-refractivity contribution in [1.82, 2.24) is 15.5 Å². The van der Waals surface area contributed by atoms with Gasteiger partial charge in [-0.3, -0.25) is 4.79 Å². The van der Waals surface area contributed by atoms with Crippen molar-refractivity contribution >= 4 is 5.91 Å². The van der Waals surface area contributed by atoms with Gasteiger partial charge in [-0.1, -0.05) is 35.5 Å². The van der Waals surface area contributed by atoms with Gasteiger partial charge in [0.1, 0.15) is 11.6 Å². The summed E-state index contributed by atoms with van der Waals surface area (Å²) in [4.78, 5) is 16.4. The van der Waals surface area contributed by atoms with E-state index in [-0.39, 0.29) is 11.7 Å². The summed E-state index contributed by atoms with van der Waals surface area (Å²) in [6.45, 7) is 1.96. The summed E-state index contributed by atoms with van der Waals surface area (Å²) < 4.78 is 23.5. The standard InChI is InChI=1S/C19H18FN3O3/c1-13(25-16-9-7-15(20)8-10-16)19(24)21-12-11-17-22-18(23-26-17)14-5-3-2-4-6-14/h2-10,13H,11-12H2,1H3,(H,21,24)/t13-/m0/s1. The number of hydrogen-bond acceptors (Lipinski definition) is 5. The molecule has 0 unspecified atom stereocenters. The predicted molar refractivity (Wildman–Crippen MR) is 92.9 cm³/mol. The summed E-state index contributed by atoms with van der Waals surface area (Å²) in [5, 5.41) is 6.67. The maximum Gasteiger partial charge on any atom is 0.260 e. The van der Waals surface area contributed by atoms with Crippen LogP contribution in [0.5, 0.6) is 5.75 Å². The lowest BCUT2D eigenvalue weighted by atomic mass is 10.2. The molecule has 2 aromatic carbocycles. The van der Waals surface area contributed by atoms with Crippen LogP contribution in [0.3, 0.4) is 0 Å². The van der Waals surface area contributed by atoms with Crippen molar-refractivity contribution in [2.24, 2.45) is 0 Å². The third-order valence-corrected chi connectivity index (χ3v) is 3.63. The molecule has 3 aromatic rings. The molecule has 0 saturated heterocycles. The number of amides is 1. The maximum absolute atomic E-state index is 12.9. The van der Waals surface area contributed by atoms with E-state index in [1.165, 1.54) is 24.3 Å². The van der Waals surface area contributed by atoms with Gasteiger partial charge in [-0.05, 0) is 31.2 Å². The molecular formula is C19H18FN3O3. The molecule has 0 radical (unpaired) electrons. The Kier molecular flexibility index (Phi) is 5.58. The molecule has 134 valence electrons. The lowest BCUT2D eigenvalue weighted by Gasteiger charge is -2.14. The van der Waals surface area contributed by atoms with Crippen LogP contribution in [-0.2, 0) is 11.2 Å². The van der Waals surface area contributed by atoms with Crippen molar-refractivity contribution < 1.29 is 18.4 Å². The lowest BCUT2D eigenvalue weighted by Crippen LogP contribution is -2.37. The van der Waals surface area contributed by atoms with Crippen LogP contribution in [0.4, 0.5) is 4.39 Å². The smallest absolute Gasteiger partial charge is 0.260 e. The number of hydrogen-bond donors (Lipinski definition) is 1. The summed E-state index contributed by atoms with van der Waals surface area (Å²) >= 11 is 0. The number of rotatable bonds is 7. The molecule has 3 rings (SSSR count). The highest BCUT2D eigenvalue weighted by atomic mass is 19.1. The van der Waals surface area contributed by atoms with Crippen molar-refractivity contribution in [3.63, 3.8) is 0 Å². The Labute approximate surface area is 150 Å². The van der Waals surface area contributed by atoms with E-state index in [2.05, 4.69) is 15.5 Å². The first kappa shape index (κ1) is 17.6. The predicted octanol–water partition coefficient (Wildman–Crippen LogP) is 3.00. The summed E-state index contributed by atoms with van der Waals surface area (Å²) in [7, 11) is 0. The molecular weight excluding hydrogens is 337 g/mol. The van der Waals surface area contributed by atoms with E-state index in [0.717, 1.165) is 5.56 Å². The van der Waals surface area contributed by atoms with Gasteiger partial charge in [-0.15, -0.1) is 0 Å². The maximum atomic E-state index is 12.9. The minimum atomic E-state index is -0.706. The first-order chi connectivity index (χ1) is 12.6. The van der Waals surface area contributed by atoms with E-state index in [1.807, 2.05) is 30.3 Å². The molecule has 7 heteroatoms. The summed E-state index contributed by atoms with van der Waals surface area (Å²) in [5.74, 6) is 0.746. The first-order valence-corrected chi connectivity index (χ1v) is 8.20. The second-order valence-corrected chi connectivity index (χ2v) is 5.63. The third-order valence-electron chi connectivity index (χ3n) is 3.63. The second-order valence-electron chi connectivity index (χ2n) is 5.63. The summed E-state index contributed by atoms with van der Waals surface area (Å²) in [6.07, 6.45) is -0.294. The number of aromatic nitrogens is 2. The first-order valence-electron chi connectivity index (χ1n) is 8.20. The molecule has 0 bridgehead atoms. The highest BCUT2D eigenvalue weighted by Crippen LogP contribution is 2.15. The molecule has 1 N–H and O–H groups in total. The third kappa shape index (κ3) is 4.66. The number of nitrogens with one attached hydrogen (secondary N) is 1. The van der Waals surface area contributed by atoms with Gasteiger partial charge < -0.3 is 14.6 Å². The topological polar surface area (TPSA) is 77.2 Å². The Morgan fingerprint density at radius 3 is 2.65 bits per heavy atom. The number of benzene rings is 2. The van der Waals surface area contributed by atoms with Crippen LogP contribution in [0.15, 0.2) is 59.1 Å². The van der Waals surface area contributed by atoms with Crippen LogP contribution >= 0.6 is 0 Å². The molecule has 0 spiro atoms. The van der Waals surface area contributed by atoms with Gasteiger partial charge in [0.25, 0.3) is 5.91 Å². The van der Waals surface area contributed by atoms with Gasteiger partial charge in [0.05, 0.1) is 0 Å². The zero-order chi connectivity index (χ0) is 18.4. The fourth-order valence-corrected chi connectivity index (χ4v) is 2.27. The highest BCUT2D eigenvalue weighted by molar-refractivity contribution is 5.80. The number of halogens is 1. The van der Waals surface area contributed by atoms with E-state index >= 15 is 0 Å². The van der Waals surface area contributed by atoms with Crippen molar-refractivity contribution in [3.8, 4) is 17.1 Å². The van der Waals surface area contributed by atoms with Crippen LogP contribution in [0.25, 0.3) is 11.4 Å². The van der Waals surface area contributed by atoms with E-state index in [0.29, 0.717) is 30.4 Å². The Morgan fingerprint density at radius 2 is 1.92 bits per heavy atom. The van der Waals surface area contributed by atoms with Crippen LogP contribution in [0.2, 0.25) is 0 Å². The van der Waals surface area contributed by atoms with Gasteiger partial charge in [-0.25, -0.2) is 4.39 Å². The van der Waals surface area contributed by atoms with Gasteiger partial charge in [0, 0.05) is 18.5 Å². The van der Waals surface area contributed by atoms with Gasteiger partial charge in [0.15, 0.2) is 6.10 Å². The average molecular weight is 355 g/mol.